The number of carbonyl (C=O) groups excluding carboxylic acids is 2. The molecule has 140 valence electrons. The molecule has 1 atom stereocenters. The van der Waals surface area contributed by atoms with Crippen LogP contribution < -0.4 is 5.32 Å². The molecule has 26 heavy (non-hydrogen) atoms. The number of nitrogens with one attached hydrogen (secondary N) is 1. The largest absolute Gasteiger partial charge is 0.508 e. The Morgan fingerprint density at radius 3 is 2.73 bits per heavy atom. The number of benzene rings is 1. The highest BCUT2D eigenvalue weighted by Gasteiger charge is 2.22. The monoisotopic (exact) mass is 359 g/mol. The minimum absolute atomic E-state index is 0.0127. The lowest BCUT2D eigenvalue weighted by Crippen LogP contribution is -2.42. The molecule has 0 unspecified atom stereocenters. The third-order valence-electron chi connectivity index (χ3n) is 4.85. The highest BCUT2D eigenvalue weighted by Crippen LogP contribution is 2.25. The van der Waals surface area contributed by atoms with Crippen molar-refractivity contribution in [1.29, 1.82) is 0 Å². The summed E-state index contributed by atoms with van der Waals surface area (Å²) >= 11 is 0. The van der Waals surface area contributed by atoms with Crippen molar-refractivity contribution < 1.29 is 23.8 Å². The summed E-state index contributed by atoms with van der Waals surface area (Å²) in [5.41, 5.74) is 1.17. The van der Waals surface area contributed by atoms with Gasteiger partial charge in [-0.15, -0.1) is 0 Å². The molecule has 1 heterocycles. The summed E-state index contributed by atoms with van der Waals surface area (Å²) in [7, 11) is 0. The Morgan fingerprint density at radius 2 is 2.00 bits per heavy atom. The Kier molecular flexibility index (Phi) is 5.81. The summed E-state index contributed by atoms with van der Waals surface area (Å²) in [6.07, 6.45) is 7.32. The van der Waals surface area contributed by atoms with Gasteiger partial charge in [0, 0.05) is 23.1 Å². The van der Waals surface area contributed by atoms with Crippen molar-refractivity contribution in [2.75, 3.05) is 0 Å². The maximum atomic E-state index is 12.3. The Hall–Kier alpha value is -2.50. The van der Waals surface area contributed by atoms with E-state index in [9.17, 15) is 14.7 Å². The quantitative estimate of drug-likeness (QED) is 0.630. The Balaban J connectivity index is 1.53. The van der Waals surface area contributed by atoms with E-state index in [-0.39, 0.29) is 24.1 Å². The number of phenols is 1. The van der Waals surface area contributed by atoms with Crippen LogP contribution in [0.15, 0.2) is 28.9 Å². The molecule has 0 spiro atoms. The smallest absolute Gasteiger partial charge is 0.311 e. The molecule has 0 bridgehead atoms. The van der Waals surface area contributed by atoms with E-state index in [2.05, 4.69) is 5.32 Å². The average Bonchev–Trinajstić information content (AvgIpc) is 2.81. The molecule has 1 saturated carbocycles. The second kappa shape index (κ2) is 8.25. The maximum Gasteiger partial charge on any atom is 0.311 e. The fourth-order valence-electron chi connectivity index (χ4n) is 3.40. The van der Waals surface area contributed by atoms with E-state index >= 15 is 0 Å². The van der Waals surface area contributed by atoms with Gasteiger partial charge >= 0.3 is 5.97 Å². The lowest BCUT2D eigenvalue weighted by molar-refractivity contribution is -0.154. The van der Waals surface area contributed by atoms with Gasteiger partial charge in [0.1, 0.15) is 11.3 Å². The number of phenolic OH excluding ortho intramolecular Hbond substituents is 1. The predicted octanol–water partition coefficient (Wildman–Crippen LogP) is 3.45. The fourth-order valence-corrected chi connectivity index (χ4v) is 3.40. The molecule has 0 radical (unpaired) electrons. The summed E-state index contributed by atoms with van der Waals surface area (Å²) < 4.78 is 10.6. The molecule has 6 heteroatoms. The zero-order valence-corrected chi connectivity index (χ0v) is 15.0. The Morgan fingerprint density at radius 1 is 1.27 bits per heavy atom. The van der Waals surface area contributed by atoms with Gasteiger partial charge in [0.15, 0.2) is 6.10 Å². The summed E-state index contributed by atoms with van der Waals surface area (Å²) in [5.74, 6) is -0.624. The van der Waals surface area contributed by atoms with E-state index in [1.807, 2.05) is 0 Å². The van der Waals surface area contributed by atoms with Crippen LogP contribution in [0.1, 0.15) is 51.0 Å². The van der Waals surface area contributed by atoms with Gasteiger partial charge in [-0.25, -0.2) is 0 Å². The maximum absolute atomic E-state index is 12.3. The van der Waals surface area contributed by atoms with Crippen LogP contribution in [-0.4, -0.2) is 29.1 Å². The number of esters is 1. The molecule has 1 aromatic carbocycles. The van der Waals surface area contributed by atoms with Gasteiger partial charge in [-0.3, -0.25) is 9.59 Å². The minimum atomic E-state index is -0.826. The highest BCUT2D eigenvalue weighted by atomic mass is 16.5. The molecule has 1 aliphatic rings. The zero-order valence-electron chi connectivity index (χ0n) is 15.0. The lowest BCUT2D eigenvalue weighted by atomic mass is 10.1. The van der Waals surface area contributed by atoms with E-state index in [1.54, 1.807) is 13.0 Å². The molecule has 2 aromatic rings. The van der Waals surface area contributed by atoms with Crippen molar-refractivity contribution in [3.63, 3.8) is 0 Å². The average molecular weight is 359 g/mol. The normalized spacial score (nSPS) is 16.8. The Bertz CT molecular complexity index is 774. The van der Waals surface area contributed by atoms with Crippen molar-refractivity contribution in [1.82, 2.24) is 5.32 Å². The number of hydrogen-bond acceptors (Lipinski definition) is 5. The first-order valence-electron chi connectivity index (χ1n) is 9.22. The summed E-state index contributed by atoms with van der Waals surface area (Å²) in [5, 5.41) is 13.2. The number of furan rings is 1. The van der Waals surface area contributed by atoms with E-state index in [4.69, 9.17) is 9.15 Å². The van der Waals surface area contributed by atoms with Crippen LogP contribution in [-0.2, 0) is 20.7 Å². The first-order valence-corrected chi connectivity index (χ1v) is 9.22. The van der Waals surface area contributed by atoms with Gasteiger partial charge in [0.25, 0.3) is 5.91 Å². The fraction of sp³-hybridized carbons (Fsp3) is 0.500. The van der Waals surface area contributed by atoms with Crippen LogP contribution in [0.4, 0.5) is 0 Å². The first-order chi connectivity index (χ1) is 12.5. The second-order valence-corrected chi connectivity index (χ2v) is 6.95. The first kappa shape index (κ1) is 18.3. The number of carbonyl (C=O) groups is 2. The number of ether oxygens (including phenoxy) is 1. The molecule has 3 rings (SSSR count). The van der Waals surface area contributed by atoms with Crippen LogP contribution >= 0.6 is 0 Å². The number of amides is 1. The molecule has 1 fully saturated rings. The van der Waals surface area contributed by atoms with Crippen molar-refractivity contribution in [2.24, 2.45) is 0 Å². The molecule has 1 amide bonds. The second-order valence-electron chi connectivity index (χ2n) is 6.95. The molecule has 2 N–H and O–H groups in total. The number of aromatic hydroxyl groups is 1. The molecule has 1 aliphatic carbocycles. The highest BCUT2D eigenvalue weighted by molar-refractivity contribution is 5.88. The summed E-state index contributed by atoms with van der Waals surface area (Å²) in [6.45, 7) is 1.59. The van der Waals surface area contributed by atoms with Crippen LogP contribution in [0.3, 0.4) is 0 Å². The van der Waals surface area contributed by atoms with Crippen LogP contribution in [0, 0.1) is 0 Å². The zero-order chi connectivity index (χ0) is 18.5. The lowest BCUT2D eigenvalue weighted by Gasteiger charge is -2.19. The van der Waals surface area contributed by atoms with Crippen molar-refractivity contribution in [3.8, 4) is 5.75 Å². The van der Waals surface area contributed by atoms with E-state index in [1.165, 1.54) is 31.2 Å². The van der Waals surface area contributed by atoms with E-state index < -0.39 is 12.1 Å². The topological polar surface area (TPSA) is 88.8 Å². The molecular formula is C20H25NO5. The van der Waals surface area contributed by atoms with Gasteiger partial charge in [0.05, 0.1) is 12.7 Å². The number of hydrogen-bond donors (Lipinski definition) is 2. The molecular weight excluding hydrogens is 334 g/mol. The standard InChI is InChI=1S/C20H25NO5/c1-13(20(24)21-15-6-4-2-3-5-7-15)26-19(23)10-14-12-25-18-11-16(22)8-9-17(14)18/h8-9,11-13,15,22H,2-7,10H2,1H3,(H,21,24)/t13-/m1/s1. The SMILES string of the molecule is C[C@@H](OC(=O)Cc1coc2cc(O)ccc12)C(=O)NC1CCCCCC1. The molecule has 1 aromatic heterocycles. The third-order valence-corrected chi connectivity index (χ3v) is 4.85. The third kappa shape index (κ3) is 4.56. The Labute approximate surface area is 152 Å². The molecule has 6 nitrogen and oxygen atoms in total. The van der Waals surface area contributed by atoms with Gasteiger partial charge in [-0.2, -0.15) is 0 Å². The predicted molar refractivity (Wildman–Crippen MR) is 96.8 cm³/mol. The number of fused-ring (bicyclic) bond motifs is 1. The van der Waals surface area contributed by atoms with Crippen molar-refractivity contribution in [2.45, 2.75) is 64.0 Å². The van der Waals surface area contributed by atoms with Crippen LogP contribution in [0.2, 0.25) is 0 Å². The summed E-state index contributed by atoms with van der Waals surface area (Å²) in [4.78, 5) is 24.5. The number of rotatable bonds is 5. The minimum Gasteiger partial charge on any atom is -0.508 e. The van der Waals surface area contributed by atoms with Gasteiger partial charge in [-0.1, -0.05) is 25.7 Å². The summed E-state index contributed by atoms with van der Waals surface area (Å²) in [6, 6.07) is 4.90. The van der Waals surface area contributed by atoms with E-state index in [0.717, 1.165) is 31.1 Å². The molecule has 0 saturated heterocycles. The van der Waals surface area contributed by atoms with Crippen LogP contribution in [0.25, 0.3) is 11.0 Å². The van der Waals surface area contributed by atoms with E-state index in [0.29, 0.717) is 11.1 Å². The van der Waals surface area contributed by atoms with Crippen molar-refractivity contribution in [3.05, 3.63) is 30.0 Å². The van der Waals surface area contributed by atoms with Gasteiger partial charge in [0.2, 0.25) is 0 Å². The van der Waals surface area contributed by atoms with Gasteiger partial charge in [-0.05, 0) is 31.9 Å². The van der Waals surface area contributed by atoms with Crippen molar-refractivity contribution >= 4 is 22.8 Å². The van der Waals surface area contributed by atoms with Gasteiger partial charge < -0.3 is 19.6 Å². The molecule has 0 aliphatic heterocycles. The van der Waals surface area contributed by atoms with Crippen LogP contribution in [0.5, 0.6) is 5.75 Å².